The highest BCUT2D eigenvalue weighted by Gasteiger charge is 2.28. The number of aromatic amines is 1. The molecule has 5 heteroatoms. The average Bonchev–Trinajstić information content (AvgIpc) is 3.40. The molecule has 4 nitrogen and oxygen atoms in total. The normalized spacial score (nSPS) is 18.8. The molecule has 1 fully saturated rings. The molecule has 0 aliphatic carbocycles. The first kappa shape index (κ1) is 19.3. The maximum atomic E-state index is 5.52. The fourth-order valence-electron chi connectivity index (χ4n) is 4.76. The number of nitrogens with one attached hydrogen (secondary N) is 3. The molecule has 30 heavy (non-hydrogen) atoms. The van der Waals surface area contributed by atoms with E-state index in [4.69, 9.17) is 12.2 Å². The van der Waals surface area contributed by atoms with E-state index in [0.717, 1.165) is 37.7 Å². The van der Waals surface area contributed by atoms with Crippen LogP contribution in [-0.2, 0) is 6.42 Å². The van der Waals surface area contributed by atoms with Crippen LogP contribution in [0.2, 0.25) is 0 Å². The van der Waals surface area contributed by atoms with Crippen molar-refractivity contribution in [3.63, 3.8) is 0 Å². The monoisotopic (exact) mass is 416 g/mol. The SMILES string of the molecule is S=C(NCCc1ccccc1)Nc1ccc2[nH]cc(C3=CCN4CCCC4C3)c2c1. The summed E-state index contributed by atoms with van der Waals surface area (Å²) in [7, 11) is 0. The van der Waals surface area contributed by atoms with E-state index >= 15 is 0 Å². The van der Waals surface area contributed by atoms with Gasteiger partial charge in [0.2, 0.25) is 0 Å². The molecule has 0 bridgehead atoms. The maximum Gasteiger partial charge on any atom is 0.170 e. The number of aromatic nitrogens is 1. The van der Waals surface area contributed by atoms with E-state index in [2.05, 4.69) is 75.3 Å². The molecule has 0 saturated carbocycles. The van der Waals surface area contributed by atoms with Gasteiger partial charge in [-0.15, -0.1) is 0 Å². The lowest BCUT2D eigenvalue weighted by Gasteiger charge is -2.29. The van der Waals surface area contributed by atoms with Crippen molar-refractivity contribution in [2.24, 2.45) is 0 Å². The average molecular weight is 417 g/mol. The highest BCUT2D eigenvalue weighted by Crippen LogP contribution is 2.35. The second kappa shape index (κ2) is 8.62. The zero-order valence-electron chi connectivity index (χ0n) is 17.2. The van der Waals surface area contributed by atoms with E-state index in [1.54, 1.807) is 0 Å². The van der Waals surface area contributed by atoms with Crippen molar-refractivity contribution in [1.29, 1.82) is 0 Å². The molecule has 3 heterocycles. The lowest BCUT2D eigenvalue weighted by molar-refractivity contribution is 0.275. The summed E-state index contributed by atoms with van der Waals surface area (Å²) in [6.07, 6.45) is 9.36. The number of benzene rings is 2. The summed E-state index contributed by atoms with van der Waals surface area (Å²) in [5.41, 5.74) is 6.33. The van der Waals surface area contributed by atoms with Crippen molar-refractivity contribution in [2.45, 2.75) is 31.7 Å². The van der Waals surface area contributed by atoms with E-state index in [1.165, 1.54) is 47.0 Å². The largest absolute Gasteiger partial charge is 0.362 e. The molecule has 154 valence electrons. The Morgan fingerprint density at radius 2 is 2.07 bits per heavy atom. The minimum Gasteiger partial charge on any atom is -0.362 e. The third-order valence-corrected chi connectivity index (χ3v) is 6.60. The number of H-pyrrole nitrogens is 1. The van der Waals surface area contributed by atoms with Crippen molar-refractivity contribution in [3.05, 3.63) is 71.9 Å². The van der Waals surface area contributed by atoms with Gasteiger partial charge in [-0.2, -0.15) is 0 Å². The maximum absolute atomic E-state index is 5.52. The second-order valence-electron chi connectivity index (χ2n) is 8.30. The van der Waals surface area contributed by atoms with Gasteiger partial charge in [-0.3, -0.25) is 4.90 Å². The summed E-state index contributed by atoms with van der Waals surface area (Å²) in [6, 6.07) is 17.6. The molecule has 1 aromatic heterocycles. The van der Waals surface area contributed by atoms with Crippen LogP contribution >= 0.6 is 12.2 Å². The van der Waals surface area contributed by atoms with Gasteiger partial charge in [0.1, 0.15) is 0 Å². The first-order valence-corrected chi connectivity index (χ1v) is 11.3. The lowest BCUT2D eigenvalue weighted by Crippen LogP contribution is -2.32. The number of rotatable bonds is 5. The van der Waals surface area contributed by atoms with E-state index in [1.807, 2.05) is 6.07 Å². The second-order valence-corrected chi connectivity index (χ2v) is 8.71. The molecule has 1 saturated heterocycles. The van der Waals surface area contributed by atoms with Gasteiger partial charge in [-0.1, -0.05) is 36.4 Å². The van der Waals surface area contributed by atoms with Gasteiger partial charge in [0.05, 0.1) is 0 Å². The Hall–Kier alpha value is -2.63. The summed E-state index contributed by atoms with van der Waals surface area (Å²) in [5, 5.41) is 8.61. The van der Waals surface area contributed by atoms with Crippen LogP contribution in [0.1, 0.15) is 30.4 Å². The molecule has 1 atom stereocenters. The number of fused-ring (bicyclic) bond motifs is 2. The molecule has 0 spiro atoms. The van der Waals surface area contributed by atoms with Crippen molar-refractivity contribution < 1.29 is 0 Å². The number of hydrogen-bond acceptors (Lipinski definition) is 2. The van der Waals surface area contributed by atoms with Crippen LogP contribution in [0.15, 0.2) is 60.8 Å². The van der Waals surface area contributed by atoms with Gasteiger partial charge in [0, 0.05) is 47.5 Å². The van der Waals surface area contributed by atoms with Gasteiger partial charge in [0.25, 0.3) is 0 Å². The van der Waals surface area contributed by atoms with Crippen molar-refractivity contribution in [1.82, 2.24) is 15.2 Å². The predicted molar refractivity (Wildman–Crippen MR) is 130 cm³/mol. The van der Waals surface area contributed by atoms with Crippen molar-refractivity contribution in [2.75, 3.05) is 25.0 Å². The summed E-state index contributed by atoms with van der Waals surface area (Å²) in [5.74, 6) is 0. The first-order valence-electron chi connectivity index (χ1n) is 10.9. The van der Waals surface area contributed by atoms with Crippen molar-refractivity contribution in [3.8, 4) is 0 Å². The lowest BCUT2D eigenvalue weighted by atomic mass is 9.94. The fourth-order valence-corrected chi connectivity index (χ4v) is 4.98. The van der Waals surface area contributed by atoms with Crippen LogP contribution < -0.4 is 10.6 Å². The summed E-state index contributed by atoms with van der Waals surface area (Å²) < 4.78 is 0. The summed E-state index contributed by atoms with van der Waals surface area (Å²) in [6.45, 7) is 3.16. The minimum atomic E-state index is 0.667. The highest BCUT2D eigenvalue weighted by molar-refractivity contribution is 7.80. The third-order valence-electron chi connectivity index (χ3n) is 6.35. The first-order chi connectivity index (χ1) is 14.8. The van der Waals surface area contributed by atoms with Gasteiger partial charge in [-0.25, -0.2) is 0 Å². The summed E-state index contributed by atoms with van der Waals surface area (Å²) in [4.78, 5) is 6.06. The van der Waals surface area contributed by atoms with Crippen LogP contribution in [0.4, 0.5) is 5.69 Å². The molecule has 2 aromatic carbocycles. The highest BCUT2D eigenvalue weighted by atomic mass is 32.1. The zero-order chi connectivity index (χ0) is 20.3. The molecule has 2 aliphatic heterocycles. The van der Waals surface area contributed by atoms with Crippen LogP contribution in [-0.4, -0.2) is 40.7 Å². The quantitative estimate of drug-likeness (QED) is 0.515. The van der Waals surface area contributed by atoms with Gasteiger partial charge in [-0.05, 0) is 73.8 Å². The minimum absolute atomic E-state index is 0.667. The molecule has 0 radical (unpaired) electrons. The van der Waals surface area contributed by atoms with Gasteiger partial charge < -0.3 is 15.6 Å². The summed E-state index contributed by atoms with van der Waals surface area (Å²) >= 11 is 5.52. The number of hydrogen-bond donors (Lipinski definition) is 3. The van der Waals surface area contributed by atoms with Crippen molar-refractivity contribution >= 4 is 39.5 Å². The molecule has 0 amide bonds. The topological polar surface area (TPSA) is 43.1 Å². The Morgan fingerprint density at radius 1 is 1.17 bits per heavy atom. The Bertz CT molecular complexity index is 1070. The molecule has 3 N–H and O–H groups in total. The Balaban J connectivity index is 1.25. The molecule has 3 aromatic rings. The van der Waals surface area contributed by atoms with Crippen LogP contribution in [0.5, 0.6) is 0 Å². The Labute approximate surface area is 183 Å². The number of thiocarbonyl (C=S) groups is 1. The van der Waals surface area contributed by atoms with E-state index in [-0.39, 0.29) is 0 Å². The molecular weight excluding hydrogens is 388 g/mol. The van der Waals surface area contributed by atoms with Crippen LogP contribution in [0.3, 0.4) is 0 Å². The molecule has 2 aliphatic rings. The Kier molecular flexibility index (Phi) is 5.56. The smallest absolute Gasteiger partial charge is 0.170 e. The fraction of sp³-hybridized carbons (Fsp3) is 0.320. The third kappa shape index (κ3) is 4.13. The van der Waals surface area contributed by atoms with Crippen LogP contribution in [0.25, 0.3) is 16.5 Å². The molecular formula is C25H28N4S. The number of anilines is 1. The standard InChI is InChI=1S/C25H28N4S/c30-25(26-12-10-18-5-2-1-3-6-18)28-20-8-9-24-22(16-20)23(17-27-24)19-11-14-29-13-4-7-21(29)15-19/h1-3,5-6,8-9,11,16-17,21,27H,4,7,10,12-15H2,(H2,26,28,30). The predicted octanol–water partition coefficient (Wildman–Crippen LogP) is 4.95. The molecule has 5 rings (SSSR count). The van der Waals surface area contributed by atoms with E-state index in [9.17, 15) is 0 Å². The van der Waals surface area contributed by atoms with E-state index in [0.29, 0.717) is 5.11 Å². The van der Waals surface area contributed by atoms with Gasteiger partial charge >= 0.3 is 0 Å². The number of nitrogens with zero attached hydrogens (tertiary/aromatic N) is 1. The van der Waals surface area contributed by atoms with Crippen LogP contribution in [0, 0.1) is 0 Å². The van der Waals surface area contributed by atoms with E-state index < -0.39 is 0 Å². The molecule has 1 unspecified atom stereocenters. The van der Waals surface area contributed by atoms with Gasteiger partial charge in [0.15, 0.2) is 5.11 Å². The Morgan fingerprint density at radius 3 is 2.97 bits per heavy atom. The zero-order valence-corrected chi connectivity index (χ0v) is 18.0.